The van der Waals surface area contributed by atoms with Crippen LogP contribution in [-0.2, 0) is 4.74 Å². The summed E-state index contributed by atoms with van der Waals surface area (Å²) in [6, 6.07) is 4.22. The molecule has 2 aromatic heterocycles. The zero-order chi connectivity index (χ0) is 15.6. The maximum absolute atomic E-state index is 5.49. The molecule has 4 heterocycles. The molecule has 0 amide bonds. The largest absolute Gasteiger partial charge is 0.381 e. The fraction of sp³-hybridized carbons (Fsp3) is 0.667. The molecule has 0 bridgehead atoms. The molecule has 5 heteroatoms. The molecule has 0 aromatic carbocycles. The number of hydrogen-bond acceptors (Lipinski definition) is 4. The van der Waals surface area contributed by atoms with E-state index in [-0.39, 0.29) is 0 Å². The standard InChI is InChI=1S/C18H26N4O/c1-14-11-18-19-7-4-17(22(18)20-14)16-3-2-8-21(13-16)12-15-5-9-23-10-6-15/h4,7,11,15-16H,2-3,5-6,8-10,12-13H2,1H3. The van der Waals surface area contributed by atoms with Gasteiger partial charge in [0.1, 0.15) is 0 Å². The summed E-state index contributed by atoms with van der Waals surface area (Å²) in [7, 11) is 0. The number of likely N-dealkylation sites (tertiary alicyclic amines) is 1. The number of nitrogens with zero attached hydrogens (tertiary/aromatic N) is 4. The second-order valence-corrected chi connectivity index (χ2v) is 7.08. The van der Waals surface area contributed by atoms with Crippen LogP contribution in [0.15, 0.2) is 18.3 Å². The molecule has 2 fully saturated rings. The summed E-state index contributed by atoms with van der Waals surface area (Å²) < 4.78 is 7.55. The van der Waals surface area contributed by atoms with Crippen molar-refractivity contribution in [2.75, 3.05) is 32.8 Å². The summed E-state index contributed by atoms with van der Waals surface area (Å²) in [5.41, 5.74) is 3.33. The highest BCUT2D eigenvalue weighted by Gasteiger charge is 2.26. The first-order valence-corrected chi connectivity index (χ1v) is 8.91. The van der Waals surface area contributed by atoms with Crippen LogP contribution in [0.2, 0.25) is 0 Å². The van der Waals surface area contributed by atoms with E-state index in [9.17, 15) is 0 Å². The third kappa shape index (κ3) is 3.26. The first-order valence-electron chi connectivity index (χ1n) is 8.91. The average molecular weight is 314 g/mol. The zero-order valence-electron chi connectivity index (χ0n) is 13.9. The Hall–Kier alpha value is -1.46. The molecule has 124 valence electrons. The molecule has 4 rings (SSSR count). The molecule has 23 heavy (non-hydrogen) atoms. The maximum Gasteiger partial charge on any atom is 0.155 e. The van der Waals surface area contributed by atoms with Gasteiger partial charge in [0, 0.05) is 44.5 Å². The Kier molecular flexibility index (Phi) is 4.31. The Morgan fingerprint density at radius 2 is 2.13 bits per heavy atom. The summed E-state index contributed by atoms with van der Waals surface area (Å²) in [6.45, 7) is 7.54. The van der Waals surface area contributed by atoms with Crippen LogP contribution in [0.3, 0.4) is 0 Å². The van der Waals surface area contributed by atoms with Crippen LogP contribution in [0.1, 0.15) is 43.0 Å². The third-order valence-electron chi connectivity index (χ3n) is 5.29. The van der Waals surface area contributed by atoms with Gasteiger partial charge in [-0.1, -0.05) is 0 Å². The van der Waals surface area contributed by atoms with E-state index in [4.69, 9.17) is 4.74 Å². The Balaban J connectivity index is 1.49. The molecule has 0 aliphatic carbocycles. The second-order valence-electron chi connectivity index (χ2n) is 7.08. The number of rotatable bonds is 3. The van der Waals surface area contributed by atoms with Crippen LogP contribution >= 0.6 is 0 Å². The van der Waals surface area contributed by atoms with Crippen molar-refractivity contribution in [2.24, 2.45) is 5.92 Å². The van der Waals surface area contributed by atoms with Gasteiger partial charge in [-0.05, 0) is 51.1 Å². The molecule has 2 aromatic rings. The summed E-state index contributed by atoms with van der Waals surface area (Å²) in [5, 5.41) is 4.65. The normalized spacial score (nSPS) is 24.3. The van der Waals surface area contributed by atoms with E-state index in [2.05, 4.69) is 31.6 Å². The molecule has 0 spiro atoms. The monoisotopic (exact) mass is 314 g/mol. The fourth-order valence-electron chi connectivity index (χ4n) is 4.09. The highest BCUT2D eigenvalue weighted by atomic mass is 16.5. The molecule has 1 atom stereocenters. The van der Waals surface area contributed by atoms with Crippen molar-refractivity contribution in [2.45, 2.75) is 38.5 Å². The van der Waals surface area contributed by atoms with Crippen molar-refractivity contribution < 1.29 is 4.74 Å². The van der Waals surface area contributed by atoms with E-state index in [0.29, 0.717) is 5.92 Å². The van der Waals surface area contributed by atoms with Gasteiger partial charge in [-0.15, -0.1) is 0 Å². The van der Waals surface area contributed by atoms with E-state index < -0.39 is 0 Å². The predicted molar refractivity (Wildman–Crippen MR) is 89.7 cm³/mol. The van der Waals surface area contributed by atoms with E-state index in [0.717, 1.165) is 37.0 Å². The molecule has 2 saturated heterocycles. The van der Waals surface area contributed by atoms with Crippen molar-refractivity contribution in [3.8, 4) is 0 Å². The van der Waals surface area contributed by atoms with E-state index in [1.165, 1.54) is 44.5 Å². The lowest BCUT2D eigenvalue weighted by molar-refractivity contribution is 0.0481. The summed E-state index contributed by atoms with van der Waals surface area (Å²) in [5.74, 6) is 1.38. The van der Waals surface area contributed by atoms with Gasteiger partial charge in [0.15, 0.2) is 5.65 Å². The topological polar surface area (TPSA) is 42.7 Å². The predicted octanol–water partition coefficient (Wildman–Crippen LogP) is 2.64. The first kappa shape index (κ1) is 15.1. The molecule has 2 aliphatic rings. The van der Waals surface area contributed by atoms with Crippen LogP contribution in [-0.4, -0.2) is 52.3 Å². The second kappa shape index (κ2) is 6.57. The van der Waals surface area contributed by atoms with Crippen molar-refractivity contribution >= 4 is 5.65 Å². The minimum atomic E-state index is 0.563. The van der Waals surface area contributed by atoms with Crippen molar-refractivity contribution in [1.82, 2.24) is 19.5 Å². The minimum Gasteiger partial charge on any atom is -0.381 e. The summed E-state index contributed by atoms with van der Waals surface area (Å²) in [4.78, 5) is 7.10. The zero-order valence-corrected chi connectivity index (χ0v) is 13.9. The third-order valence-corrected chi connectivity index (χ3v) is 5.29. The van der Waals surface area contributed by atoms with Crippen LogP contribution in [0, 0.1) is 12.8 Å². The molecular formula is C18H26N4O. The Morgan fingerprint density at radius 1 is 1.26 bits per heavy atom. The average Bonchev–Trinajstić information content (AvgIpc) is 2.96. The number of piperidine rings is 1. The number of hydrogen-bond donors (Lipinski definition) is 0. The van der Waals surface area contributed by atoms with Gasteiger partial charge in [0.25, 0.3) is 0 Å². The van der Waals surface area contributed by atoms with Gasteiger partial charge in [0.2, 0.25) is 0 Å². The number of aromatic nitrogens is 3. The van der Waals surface area contributed by atoms with Crippen molar-refractivity contribution in [3.05, 3.63) is 29.7 Å². The van der Waals surface area contributed by atoms with Crippen LogP contribution < -0.4 is 0 Å². The van der Waals surface area contributed by atoms with Gasteiger partial charge in [0.05, 0.1) is 11.4 Å². The molecule has 2 aliphatic heterocycles. The molecule has 5 nitrogen and oxygen atoms in total. The van der Waals surface area contributed by atoms with E-state index in [1.54, 1.807) is 0 Å². The smallest absolute Gasteiger partial charge is 0.155 e. The maximum atomic E-state index is 5.49. The first-order chi connectivity index (χ1) is 11.3. The van der Waals surface area contributed by atoms with Crippen molar-refractivity contribution in [3.63, 3.8) is 0 Å². The van der Waals surface area contributed by atoms with Gasteiger partial charge < -0.3 is 9.64 Å². The lowest BCUT2D eigenvalue weighted by atomic mass is 9.92. The molecule has 0 N–H and O–H groups in total. The van der Waals surface area contributed by atoms with Crippen molar-refractivity contribution in [1.29, 1.82) is 0 Å². The molecule has 0 radical (unpaired) electrons. The number of fused-ring (bicyclic) bond motifs is 1. The highest BCUT2D eigenvalue weighted by molar-refractivity contribution is 5.40. The van der Waals surface area contributed by atoms with Gasteiger partial charge in [-0.25, -0.2) is 9.50 Å². The van der Waals surface area contributed by atoms with Gasteiger partial charge in [-0.3, -0.25) is 0 Å². The number of ether oxygens (including phenoxy) is 1. The Labute approximate surface area is 137 Å². The molecular weight excluding hydrogens is 288 g/mol. The van der Waals surface area contributed by atoms with Crippen LogP contribution in [0.4, 0.5) is 0 Å². The SMILES string of the molecule is Cc1cc2nccc(C3CCCN(CC4CCOCC4)C3)n2n1. The number of aryl methyl sites for hydroxylation is 1. The quantitative estimate of drug-likeness (QED) is 0.873. The van der Waals surface area contributed by atoms with E-state index >= 15 is 0 Å². The Morgan fingerprint density at radius 3 is 3.00 bits per heavy atom. The highest BCUT2D eigenvalue weighted by Crippen LogP contribution is 2.28. The van der Waals surface area contributed by atoms with Gasteiger partial charge >= 0.3 is 0 Å². The molecule has 0 saturated carbocycles. The minimum absolute atomic E-state index is 0.563. The van der Waals surface area contributed by atoms with Gasteiger partial charge in [-0.2, -0.15) is 5.10 Å². The molecule has 1 unspecified atom stereocenters. The summed E-state index contributed by atoms with van der Waals surface area (Å²) >= 11 is 0. The van der Waals surface area contributed by atoms with Crippen LogP contribution in [0.25, 0.3) is 5.65 Å². The lowest BCUT2D eigenvalue weighted by Gasteiger charge is -2.36. The van der Waals surface area contributed by atoms with E-state index in [1.807, 2.05) is 13.1 Å². The fourth-order valence-corrected chi connectivity index (χ4v) is 4.09. The lowest BCUT2D eigenvalue weighted by Crippen LogP contribution is -2.39. The Bertz CT molecular complexity index is 662. The summed E-state index contributed by atoms with van der Waals surface area (Å²) in [6.07, 6.45) is 6.90. The van der Waals surface area contributed by atoms with Crippen LogP contribution in [0.5, 0.6) is 0 Å².